The van der Waals surface area contributed by atoms with Crippen LogP contribution < -0.4 is 0 Å². The van der Waals surface area contributed by atoms with Gasteiger partial charge in [0.25, 0.3) is 0 Å². The molecule has 0 aliphatic heterocycles. The average Bonchev–Trinajstić information content (AvgIpc) is 2.38. The Morgan fingerprint density at radius 3 is 2.12 bits per heavy atom. The van der Waals surface area contributed by atoms with E-state index in [-0.39, 0.29) is 19.8 Å². The summed E-state index contributed by atoms with van der Waals surface area (Å²) in [4.78, 5) is 2.59. The van der Waals surface area contributed by atoms with E-state index in [4.69, 9.17) is 5.26 Å². The Balaban J connectivity index is 2.36. The van der Waals surface area contributed by atoms with Gasteiger partial charge in [0.05, 0.1) is 0 Å². The molecule has 0 spiro atoms. The van der Waals surface area contributed by atoms with Gasteiger partial charge in [-0.05, 0) is 0 Å². The second-order valence-corrected chi connectivity index (χ2v) is 5.78. The zero-order valence-electron chi connectivity index (χ0n) is 9.63. The van der Waals surface area contributed by atoms with Crippen LogP contribution in [0.3, 0.4) is 0 Å². The van der Waals surface area contributed by atoms with Crippen LogP contribution in [0.5, 0.6) is 0 Å². The van der Waals surface area contributed by atoms with E-state index in [0.717, 1.165) is 0 Å². The van der Waals surface area contributed by atoms with Gasteiger partial charge >= 0.3 is 108 Å². The van der Waals surface area contributed by atoms with Crippen LogP contribution in [0.1, 0.15) is 21.5 Å². The summed E-state index contributed by atoms with van der Waals surface area (Å²) in [6.45, 7) is 2.08. The standard InChI is InChI=1S/C15H13NSe/c1-12-7-9-14(10-8-12)15(17-11-16)13-5-3-2-4-6-13/h2-10,15H,1H3. The number of nitriles is 1. The van der Waals surface area contributed by atoms with Crippen LogP contribution in [0, 0.1) is 17.2 Å². The molecular weight excluding hydrogens is 273 g/mol. The van der Waals surface area contributed by atoms with Crippen molar-refractivity contribution < 1.29 is 0 Å². The van der Waals surface area contributed by atoms with Gasteiger partial charge in [-0.2, -0.15) is 0 Å². The summed E-state index contributed by atoms with van der Waals surface area (Å²) < 4.78 is 0. The predicted octanol–water partition coefficient (Wildman–Crippen LogP) is 3.27. The molecule has 0 aliphatic rings. The van der Waals surface area contributed by atoms with Gasteiger partial charge in [0, 0.05) is 0 Å². The van der Waals surface area contributed by atoms with Crippen molar-refractivity contribution in [2.45, 2.75) is 11.7 Å². The zero-order valence-corrected chi connectivity index (χ0v) is 11.3. The molecule has 1 unspecified atom stereocenters. The topological polar surface area (TPSA) is 23.8 Å². The molecule has 0 N–H and O–H groups in total. The van der Waals surface area contributed by atoms with Crippen LogP contribution in [-0.4, -0.2) is 15.0 Å². The number of rotatable bonds is 3. The molecule has 0 saturated carbocycles. The SMILES string of the molecule is Cc1ccc(C([Se]C#N)c2ccccc2)cc1. The molecule has 2 aromatic rings. The second kappa shape index (κ2) is 5.68. The molecular formula is C15H13NSe. The molecule has 1 atom stereocenters. The summed E-state index contributed by atoms with van der Waals surface area (Å²) in [5.74, 6) is 0. The van der Waals surface area contributed by atoms with Gasteiger partial charge in [0.1, 0.15) is 0 Å². The van der Waals surface area contributed by atoms with Crippen LogP contribution in [0.25, 0.3) is 0 Å². The van der Waals surface area contributed by atoms with Crippen LogP contribution in [-0.2, 0) is 0 Å². The van der Waals surface area contributed by atoms with Crippen molar-refractivity contribution in [2.75, 3.05) is 0 Å². The summed E-state index contributed by atoms with van der Waals surface area (Å²) in [5.41, 5.74) is 3.73. The fourth-order valence-corrected chi connectivity index (χ4v) is 3.20. The van der Waals surface area contributed by atoms with E-state index >= 15 is 0 Å². The Kier molecular flexibility index (Phi) is 3.98. The molecule has 0 aromatic heterocycles. The van der Waals surface area contributed by atoms with E-state index in [1.807, 2.05) is 18.2 Å². The van der Waals surface area contributed by atoms with Crippen molar-refractivity contribution in [1.82, 2.24) is 0 Å². The summed E-state index contributed by atoms with van der Waals surface area (Å²) in [5, 5.41) is 8.99. The van der Waals surface area contributed by atoms with E-state index in [1.54, 1.807) is 0 Å². The van der Waals surface area contributed by atoms with E-state index in [1.165, 1.54) is 16.7 Å². The Morgan fingerprint density at radius 2 is 1.53 bits per heavy atom. The normalized spacial score (nSPS) is 11.8. The second-order valence-electron chi connectivity index (χ2n) is 3.91. The fraction of sp³-hybridized carbons (Fsp3) is 0.133. The first-order valence-electron chi connectivity index (χ1n) is 5.47. The van der Waals surface area contributed by atoms with Gasteiger partial charge in [-0.3, -0.25) is 0 Å². The minimum atomic E-state index is -0.0589. The van der Waals surface area contributed by atoms with Crippen LogP contribution in [0.2, 0.25) is 0 Å². The average molecular weight is 286 g/mol. The molecule has 2 heteroatoms. The molecule has 1 nitrogen and oxygen atoms in total. The summed E-state index contributed by atoms with van der Waals surface area (Å²) >= 11 is -0.0589. The molecule has 0 radical (unpaired) electrons. The monoisotopic (exact) mass is 287 g/mol. The van der Waals surface area contributed by atoms with Crippen molar-refractivity contribution in [3.05, 3.63) is 71.3 Å². The van der Waals surface area contributed by atoms with Crippen molar-refractivity contribution in [2.24, 2.45) is 0 Å². The molecule has 0 bridgehead atoms. The van der Waals surface area contributed by atoms with E-state index in [9.17, 15) is 0 Å². The van der Waals surface area contributed by atoms with Crippen molar-refractivity contribution in [1.29, 1.82) is 5.26 Å². The Hall–Kier alpha value is -1.55. The minimum absolute atomic E-state index is 0.0589. The molecule has 0 saturated heterocycles. The molecule has 0 heterocycles. The number of hydrogen-bond donors (Lipinski definition) is 0. The van der Waals surface area contributed by atoms with Gasteiger partial charge in [0.15, 0.2) is 0 Å². The Labute approximate surface area is 108 Å². The zero-order chi connectivity index (χ0) is 12.1. The molecule has 0 fully saturated rings. The molecule has 0 amide bonds. The van der Waals surface area contributed by atoms with Crippen molar-refractivity contribution in [3.8, 4) is 4.97 Å². The molecule has 17 heavy (non-hydrogen) atoms. The van der Waals surface area contributed by atoms with E-state index < -0.39 is 0 Å². The summed E-state index contributed by atoms with van der Waals surface area (Å²) in [6, 6.07) is 18.8. The summed E-state index contributed by atoms with van der Waals surface area (Å²) in [6.07, 6.45) is 0. The first-order chi connectivity index (χ1) is 8.31. The number of benzene rings is 2. The molecule has 2 aromatic carbocycles. The van der Waals surface area contributed by atoms with Gasteiger partial charge in [-0.15, -0.1) is 0 Å². The van der Waals surface area contributed by atoms with Crippen LogP contribution in [0.15, 0.2) is 54.6 Å². The number of aryl methyl sites for hydroxylation is 1. The quantitative estimate of drug-likeness (QED) is 0.794. The van der Waals surface area contributed by atoms with Crippen molar-refractivity contribution in [3.63, 3.8) is 0 Å². The first kappa shape index (κ1) is 11.9. The van der Waals surface area contributed by atoms with Crippen molar-refractivity contribution >= 4 is 15.0 Å². The summed E-state index contributed by atoms with van der Waals surface area (Å²) in [7, 11) is 0. The maximum atomic E-state index is 8.99. The maximum absolute atomic E-state index is 8.99. The van der Waals surface area contributed by atoms with Gasteiger partial charge in [0.2, 0.25) is 0 Å². The number of nitrogens with zero attached hydrogens (tertiary/aromatic N) is 1. The fourth-order valence-electron chi connectivity index (χ4n) is 1.75. The Bertz CT molecular complexity index is 511. The van der Waals surface area contributed by atoms with Gasteiger partial charge in [-0.1, -0.05) is 0 Å². The van der Waals surface area contributed by atoms with Gasteiger partial charge < -0.3 is 0 Å². The van der Waals surface area contributed by atoms with E-state index in [0.29, 0.717) is 0 Å². The van der Waals surface area contributed by atoms with E-state index in [2.05, 4.69) is 48.3 Å². The van der Waals surface area contributed by atoms with Gasteiger partial charge in [-0.25, -0.2) is 0 Å². The molecule has 2 rings (SSSR count). The first-order valence-corrected chi connectivity index (χ1v) is 7.32. The number of hydrogen-bond acceptors (Lipinski definition) is 1. The third-order valence-corrected chi connectivity index (χ3v) is 4.51. The third kappa shape index (κ3) is 2.97. The van der Waals surface area contributed by atoms with Crippen LogP contribution >= 0.6 is 0 Å². The predicted molar refractivity (Wildman–Crippen MR) is 70.8 cm³/mol. The Morgan fingerprint density at radius 1 is 0.941 bits per heavy atom. The molecule has 0 aliphatic carbocycles. The van der Waals surface area contributed by atoms with Crippen LogP contribution in [0.4, 0.5) is 0 Å². The third-order valence-electron chi connectivity index (χ3n) is 2.65. The molecule has 84 valence electrons.